The number of piperidine rings is 1. The Morgan fingerprint density at radius 2 is 1.74 bits per heavy atom. The second-order valence-electron chi connectivity index (χ2n) is 6.41. The minimum atomic E-state index is -4.39. The summed E-state index contributed by atoms with van der Waals surface area (Å²) in [4.78, 5) is 13.2. The Bertz CT molecular complexity index is 615. The molecule has 1 aliphatic rings. The van der Waals surface area contributed by atoms with Gasteiger partial charge in [-0.15, -0.1) is 0 Å². The predicted molar refractivity (Wildman–Crippen MR) is 84.7 cm³/mol. The van der Waals surface area contributed by atoms with Crippen molar-refractivity contribution in [1.82, 2.24) is 10.2 Å². The highest BCUT2D eigenvalue weighted by molar-refractivity contribution is 5.74. The fraction of sp³-hybridized carbons (Fsp3) is 0.588. The normalized spacial score (nSPS) is 18.4. The molecule has 0 aromatic heterocycles. The lowest BCUT2D eigenvalue weighted by Crippen LogP contribution is -2.48. The number of halogens is 6. The van der Waals surface area contributed by atoms with Crippen molar-refractivity contribution in [2.24, 2.45) is 5.92 Å². The smallest absolute Gasteiger partial charge is 0.367 e. The number of alkyl halides is 6. The molecule has 1 aromatic carbocycles. The number of carbonyl (C=O) groups excluding carboxylic acids is 1. The molecule has 2 amide bonds. The molecule has 27 heavy (non-hydrogen) atoms. The van der Waals surface area contributed by atoms with E-state index < -0.39 is 30.9 Å². The van der Waals surface area contributed by atoms with Crippen LogP contribution in [0.3, 0.4) is 0 Å². The molecule has 10 heteroatoms. The van der Waals surface area contributed by atoms with Crippen molar-refractivity contribution in [2.75, 3.05) is 19.7 Å². The molecule has 1 atom stereocenters. The minimum absolute atomic E-state index is 0.0190. The minimum Gasteiger partial charge on any atom is -0.367 e. The van der Waals surface area contributed by atoms with E-state index in [1.54, 1.807) is 24.3 Å². The number of carbonyl (C=O) groups is 1. The van der Waals surface area contributed by atoms with Crippen LogP contribution in [-0.4, -0.2) is 43.0 Å². The van der Waals surface area contributed by atoms with E-state index in [1.165, 1.54) is 0 Å². The standard InChI is InChI=1S/C17H20F6N2O2/c18-16(19,20)11-27-10-13-5-3-12(4-6-13)8-24-15(26)25-7-1-2-14(9-25)17(21,22)23/h3-6,14H,1-2,7-11H2,(H,24,26)/t14-/m1/s1. The van der Waals surface area contributed by atoms with Crippen molar-refractivity contribution in [3.63, 3.8) is 0 Å². The Labute approximate surface area is 152 Å². The topological polar surface area (TPSA) is 41.6 Å². The first-order valence-corrected chi connectivity index (χ1v) is 8.36. The van der Waals surface area contributed by atoms with E-state index >= 15 is 0 Å². The number of hydrogen-bond donors (Lipinski definition) is 1. The molecule has 1 heterocycles. The lowest BCUT2D eigenvalue weighted by atomic mass is 9.98. The van der Waals surface area contributed by atoms with Crippen LogP contribution in [0.5, 0.6) is 0 Å². The molecule has 1 aliphatic heterocycles. The first-order valence-electron chi connectivity index (χ1n) is 8.36. The average molecular weight is 398 g/mol. The van der Waals surface area contributed by atoms with E-state index in [2.05, 4.69) is 10.1 Å². The van der Waals surface area contributed by atoms with E-state index in [0.717, 1.165) is 4.90 Å². The second kappa shape index (κ2) is 8.81. The Morgan fingerprint density at radius 1 is 1.11 bits per heavy atom. The molecule has 0 saturated carbocycles. The number of urea groups is 1. The van der Waals surface area contributed by atoms with Crippen LogP contribution in [0.2, 0.25) is 0 Å². The number of benzene rings is 1. The number of nitrogens with zero attached hydrogens (tertiary/aromatic N) is 1. The Hall–Kier alpha value is -1.97. The van der Waals surface area contributed by atoms with Gasteiger partial charge in [-0.05, 0) is 24.0 Å². The summed E-state index contributed by atoms with van der Waals surface area (Å²) in [5.74, 6) is -1.51. The zero-order valence-electron chi connectivity index (χ0n) is 14.4. The van der Waals surface area contributed by atoms with Crippen molar-refractivity contribution < 1.29 is 35.9 Å². The molecule has 1 saturated heterocycles. The van der Waals surface area contributed by atoms with Gasteiger partial charge in [0.1, 0.15) is 6.61 Å². The van der Waals surface area contributed by atoms with Crippen LogP contribution in [0, 0.1) is 5.92 Å². The summed E-state index contributed by atoms with van der Waals surface area (Å²) in [5.41, 5.74) is 1.21. The third-order valence-corrected chi connectivity index (χ3v) is 4.17. The summed E-state index contributed by atoms with van der Waals surface area (Å²) in [6, 6.07) is 5.79. The van der Waals surface area contributed by atoms with Crippen LogP contribution in [0.1, 0.15) is 24.0 Å². The van der Waals surface area contributed by atoms with Gasteiger partial charge in [0.25, 0.3) is 0 Å². The second-order valence-corrected chi connectivity index (χ2v) is 6.41. The Morgan fingerprint density at radius 3 is 2.33 bits per heavy atom. The third kappa shape index (κ3) is 7.28. The van der Waals surface area contributed by atoms with Crippen LogP contribution in [0.4, 0.5) is 31.1 Å². The van der Waals surface area contributed by atoms with Gasteiger partial charge in [0.15, 0.2) is 0 Å². The van der Waals surface area contributed by atoms with Gasteiger partial charge in [-0.25, -0.2) is 4.79 Å². The lowest BCUT2D eigenvalue weighted by Gasteiger charge is -2.33. The fourth-order valence-electron chi connectivity index (χ4n) is 2.76. The first-order chi connectivity index (χ1) is 12.5. The van der Waals surface area contributed by atoms with E-state index in [1.807, 2.05) is 0 Å². The van der Waals surface area contributed by atoms with Gasteiger partial charge in [0, 0.05) is 19.6 Å². The van der Waals surface area contributed by atoms with Crippen molar-refractivity contribution in [3.05, 3.63) is 35.4 Å². The van der Waals surface area contributed by atoms with Gasteiger partial charge in [-0.3, -0.25) is 0 Å². The van der Waals surface area contributed by atoms with Crippen LogP contribution in [-0.2, 0) is 17.9 Å². The molecular formula is C17H20F6N2O2. The summed E-state index contributed by atoms with van der Waals surface area (Å²) >= 11 is 0. The highest BCUT2D eigenvalue weighted by Crippen LogP contribution is 2.33. The van der Waals surface area contributed by atoms with Gasteiger partial charge < -0.3 is 15.0 Å². The molecule has 1 fully saturated rings. The number of amides is 2. The van der Waals surface area contributed by atoms with Crippen molar-refractivity contribution in [1.29, 1.82) is 0 Å². The SMILES string of the molecule is O=C(NCc1ccc(COCC(F)(F)F)cc1)N1CCC[C@@H](C(F)(F)F)C1. The largest absolute Gasteiger partial charge is 0.411 e. The van der Waals surface area contributed by atoms with Gasteiger partial charge in [-0.1, -0.05) is 24.3 Å². The monoisotopic (exact) mass is 398 g/mol. The van der Waals surface area contributed by atoms with Crippen LogP contribution >= 0.6 is 0 Å². The fourth-order valence-corrected chi connectivity index (χ4v) is 2.76. The summed E-state index contributed by atoms with van der Waals surface area (Å²) in [5, 5.41) is 2.56. The van der Waals surface area contributed by atoms with E-state index in [4.69, 9.17) is 0 Å². The Kier molecular flexibility index (Phi) is 6.96. The molecule has 4 nitrogen and oxygen atoms in total. The van der Waals surface area contributed by atoms with Crippen LogP contribution in [0.25, 0.3) is 0 Å². The third-order valence-electron chi connectivity index (χ3n) is 4.17. The maximum Gasteiger partial charge on any atom is 0.411 e. The number of hydrogen-bond acceptors (Lipinski definition) is 2. The number of rotatable bonds is 5. The molecule has 2 rings (SSSR count). The van der Waals surface area contributed by atoms with Crippen LogP contribution < -0.4 is 5.32 Å². The first kappa shape index (κ1) is 21.3. The van der Waals surface area contributed by atoms with Crippen LogP contribution in [0.15, 0.2) is 24.3 Å². The molecule has 152 valence electrons. The summed E-state index contributed by atoms with van der Waals surface area (Å²) in [6.07, 6.45) is -8.39. The molecule has 0 unspecified atom stereocenters. The molecule has 1 aromatic rings. The van der Waals surface area contributed by atoms with E-state index in [0.29, 0.717) is 17.5 Å². The zero-order chi connectivity index (χ0) is 20.1. The molecular weight excluding hydrogens is 378 g/mol. The van der Waals surface area contributed by atoms with Gasteiger partial charge in [-0.2, -0.15) is 26.3 Å². The molecule has 0 bridgehead atoms. The maximum absolute atomic E-state index is 12.8. The highest BCUT2D eigenvalue weighted by Gasteiger charge is 2.42. The summed E-state index contributed by atoms with van der Waals surface area (Å²) < 4.78 is 78.9. The maximum atomic E-state index is 12.8. The molecule has 0 radical (unpaired) electrons. The predicted octanol–water partition coefficient (Wildman–Crippen LogP) is 4.25. The Balaban J connectivity index is 1.78. The van der Waals surface area contributed by atoms with E-state index in [9.17, 15) is 31.1 Å². The average Bonchev–Trinajstić information content (AvgIpc) is 2.59. The zero-order valence-corrected chi connectivity index (χ0v) is 14.4. The molecule has 0 aliphatic carbocycles. The molecule has 0 spiro atoms. The lowest BCUT2D eigenvalue weighted by molar-refractivity contribution is -0.184. The highest BCUT2D eigenvalue weighted by atomic mass is 19.4. The molecule has 1 N–H and O–H groups in total. The van der Waals surface area contributed by atoms with Crippen molar-refractivity contribution in [2.45, 2.75) is 38.3 Å². The van der Waals surface area contributed by atoms with Crippen molar-refractivity contribution >= 4 is 6.03 Å². The van der Waals surface area contributed by atoms with Gasteiger partial charge in [0.05, 0.1) is 12.5 Å². The number of likely N-dealkylation sites (tertiary alicyclic amines) is 1. The number of ether oxygens (including phenoxy) is 1. The number of nitrogens with one attached hydrogen (secondary N) is 1. The van der Waals surface area contributed by atoms with E-state index in [-0.39, 0.29) is 32.7 Å². The summed E-state index contributed by atoms with van der Waals surface area (Å²) in [7, 11) is 0. The summed E-state index contributed by atoms with van der Waals surface area (Å²) in [6.45, 7) is -1.51. The van der Waals surface area contributed by atoms with Crippen molar-refractivity contribution in [3.8, 4) is 0 Å². The quantitative estimate of drug-likeness (QED) is 0.754. The van der Waals surface area contributed by atoms with Gasteiger partial charge >= 0.3 is 18.4 Å². The van der Waals surface area contributed by atoms with Gasteiger partial charge in [0.2, 0.25) is 0 Å².